The van der Waals surface area contributed by atoms with Gasteiger partial charge in [0.25, 0.3) is 5.91 Å². The molecule has 1 fully saturated rings. The number of carbonyl (C=O) groups is 1. The van der Waals surface area contributed by atoms with Gasteiger partial charge < -0.3 is 16.0 Å². The minimum absolute atomic E-state index is 0. The highest BCUT2D eigenvalue weighted by Crippen LogP contribution is 2.17. The lowest BCUT2D eigenvalue weighted by molar-refractivity contribution is 0.0963. The Bertz CT molecular complexity index is 657. The summed E-state index contributed by atoms with van der Waals surface area (Å²) < 4.78 is 0. The fraction of sp³-hybridized carbons (Fsp3) is 0.652. The number of benzene rings is 1. The molecule has 170 valence electrons. The molecule has 1 heterocycles. The summed E-state index contributed by atoms with van der Waals surface area (Å²) in [6.07, 6.45) is 5.32. The van der Waals surface area contributed by atoms with E-state index in [4.69, 9.17) is 4.99 Å². The first-order valence-corrected chi connectivity index (χ1v) is 11.1. The van der Waals surface area contributed by atoms with E-state index >= 15 is 0 Å². The normalized spacial score (nSPS) is 16.4. The van der Waals surface area contributed by atoms with Gasteiger partial charge in [-0.15, -0.1) is 24.0 Å². The first kappa shape index (κ1) is 26.7. The van der Waals surface area contributed by atoms with Crippen LogP contribution in [0.25, 0.3) is 0 Å². The molecular formula is C23H40IN5O. The largest absolute Gasteiger partial charge is 0.357 e. The highest BCUT2D eigenvalue weighted by Gasteiger charge is 2.22. The first-order valence-electron chi connectivity index (χ1n) is 11.1. The van der Waals surface area contributed by atoms with Crippen molar-refractivity contribution in [2.75, 3.05) is 33.2 Å². The van der Waals surface area contributed by atoms with E-state index in [9.17, 15) is 4.79 Å². The number of rotatable bonds is 8. The second-order valence-electron chi connectivity index (χ2n) is 8.12. The Hall–Kier alpha value is -1.35. The Balaban J connectivity index is 0.00000450. The van der Waals surface area contributed by atoms with Gasteiger partial charge in [-0.05, 0) is 56.5 Å². The van der Waals surface area contributed by atoms with Crippen LogP contribution in [0, 0.1) is 5.92 Å². The van der Waals surface area contributed by atoms with Crippen LogP contribution in [0.5, 0.6) is 0 Å². The third-order valence-corrected chi connectivity index (χ3v) is 5.54. The van der Waals surface area contributed by atoms with Gasteiger partial charge in [0.05, 0.1) is 6.54 Å². The molecule has 1 aliphatic heterocycles. The summed E-state index contributed by atoms with van der Waals surface area (Å²) in [6.45, 7) is 11.3. The van der Waals surface area contributed by atoms with Gasteiger partial charge in [-0.2, -0.15) is 0 Å². The summed E-state index contributed by atoms with van der Waals surface area (Å²) in [5.74, 6) is 1.35. The van der Waals surface area contributed by atoms with Crippen molar-refractivity contribution in [3.63, 3.8) is 0 Å². The molecule has 1 saturated heterocycles. The molecule has 6 nitrogen and oxygen atoms in total. The Labute approximate surface area is 199 Å². The van der Waals surface area contributed by atoms with Crippen LogP contribution in [0.1, 0.15) is 62.4 Å². The van der Waals surface area contributed by atoms with Crippen LogP contribution >= 0.6 is 24.0 Å². The highest BCUT2D eigenvalue weighted by atomic mass is 127. The summed E-state index contributed by atoms with van der Waals surface area (Å²) in [6, 6.07) is 8.15. The third-order valence-electron chi connectivity index (χ3n) is 5.54. The summed E-state index contributed by atoms with van der Waals surface area (Å²) in [7, 11) is 1.65. The van der Waals surface area contributed by atoms with Crippen LogP contribution < -0.4 is 16.0 Å². The Morgan fingerprint density at radius 2 is 1.83 bits per heavy atom. The van der Waals surface area contributed by atoms with Crippen molar-refractivity contribution in [1.82, 2.24) is 20.9 Å². The van der Waals surface area contributed by atoms with E-state index in [2.05, 4.69) is 41.6 Å². The zero-order chi connectivity index (χ0) is 21.1. The maximum atomic E-state index is 11.8. The van der Waals surface area contributed by atoms with Gasteiger partial charge >= 0.3 is 0 Å². The molecule has 1 aliphatic rings. The predicted molar refractivity (Wildman–Crippen MR) is 137 cm³/mol. The Kier molecular flexibility index (Phi) is 13.0. The van der Waals surface area contributed by atoms with Crippen molar-refractivity contribution in [3.05, 3.63) is 35.4 Å². The summed E-state index contributed by atoms with van der Waals surface area (Å²) >= 11 is 0. The van der Waals surface area contributed by atoms with E-state index in [0.29, 0.717) is 24.1 Å². The van der Waals surface area contributed by atoms with Crippen LogP contribution in [-0.2, 0) is 6.54 Å². The van der Waals surface area contributed by atoms with Crippen molar-refractivity contribution in [3.8, 4) is 0 Å². The van der Waals surface area contributed by atoms with E-state index in [0.717, 1.165) is 24.6 Å². The van der Waals surface area contributed by atoms with Crippen LogP contribution in [0.4, 0.5) is 0 Å². The fourth-order valence-corrected chi connectivity index (χ4v) is 3.88. The molecule has 1 aromatic rings. The van der Waals surface area contributed by atoms with Crippen molar-refractivity contribution in [1.29, 1.82) is 0 Å². The van der Waals surface area contributed by atoms with Gasteiger partial charge in [-0.3, -0.25) is 9.69 Å². The second kappa shape index (κ2) is 14.6. The standard InChI is InChI=1S/C23H39N5O.HI/c1-5-25-23(26-16-19-11-10-12-20(15-19)22(29)24-4)27-17-21(18(2)3)28-13-8-6-7-9-14-28;/h10-12,15,18,21H,5-9,13-14,16-17H2,1-4H3,(H,24,29)(H2,25,26,27);1H. The van der Waals surface area contributed by atoms with E-state index in [-0.39, 0.29) is 29.9 Å². The average Bonchev–Trinajstić information content (AvgIpc) is 3.01. The number of amides is 1. The van der Waals surface area contributed by atoms with Crippen molar-refractivity contribution < 1.29 is 4.79 Å². The third kappa shape index (κ3) is 8.79. The molecule has 1 amide bonds. The van der Waals surface area contributed by atoms with Gasteiger partial charge in [-0.25, -0.2) is 4.99 Å². The zero-order valence-electron chi connectivity index (χ0n) is 19.0. The van der Waals surface area contributed by atoms with Gasteiger partial charge in [0.2, 0.25) is 0 Å². The minimum Gasteiger partial charge on any atom is -0.357 e. The van der Waals surface area contributed by atoms with E-state index < -0.39 is 0 Å². The number of halogens is 1. The summed E-state index contributed by atoms with van der Waals surface area (Å²) in [5, 5.41) is 9.58. The number of nitrogens with zero attached hydrogens (tertiary/aromatic N) is 2. The lowest BCUT2D eigenvalue weighted by atomic mass is 10.0. The molecule has 0 spiro atoms. The lowest BCUT2D eigenvalue weighted by Gasteiger charge is -2.34. The van der Waals surface area contributed by atoms with Crippen LogP contribution in [0.3, 0.4) is 0 Å². The highest BCUT2D eigenvalue weighted by molar-refractivity contribution is 14.0. The molecular weight excluding hydrogens is 489 g/mol. The van der Waals surface area contributed by atoms with E-state index in [1.54, 1.807) is 7.05 Å². The molecule has 30 heavy (non-hydrogen) atoms. The van der Waals surface area contributed by atoms with Crippen molar-refractivity contribution in [2.45, 2.75) is 59.0 Å². The molecule has 0 bridgehead atoms. The van der Waals surface area contributed by atoms with Gasteiger partial charge in [0.15, 0.2) is 5.96 Å². The number of guanidine groups is 1. The molecule has 1 unspecified atom stereocenters. The van der Waals surface area contributed by atoms with Crippen molar-refractivity contribution in [2.24, 2.45) is 10.9 Å². The maximum Gasteiger partial charge on any atom is 0.251 e. The minimum atomic E-state index is -0.0712. The number of likely N-dealkylation sites (tertiary alicyclic amines) is 1. The number of hydrogen-bond donors (Lipinski definition) is 3. The Morgan fingerprint density at radius 3 is 2.43 bits per heavy atom. The molecule has 0 aliphatic carbocycles. The summed E-state index contributed by atoms with van der Waals surface area (Å²) in [4.78, 5) is 19.2. The van der Waals surface area contributed by atoms with Crippen LogP contribution in [0.15, 0.2) is 29.3 Å². The predicted octanol–water partition coefficient (Wildman–Crippen LogP) is 3.62. The maximum absolute atomic E-state index is 11.8. The number of nitrogens with one attached hydrogen (secondary N) is 3. The van der Waals surface area contributed by atoms with Crippen molar-refractivity contribution >= 4 is 35.8 Å². The van der Waals surface area contributed by atoms with E-state index in [1.807, 2.05) is 24.3 Å². The van der Waals surface area contributed by atoms with Crippen LogP contribution in [0.2, 0.25) is 0 Å². The molecule has 1 aromatic carbocycles. The number of aliphatic imine (C=N–C) groups is 1. The topological polar surface area (TPSA) is 68.8 Å². The van der Waals surface area contributed by atoms with Gasteiger partial charge in [-0.1, -0.05) is 38.8 Å². The SMILES string of the molecule is CCNC(=NCc1cccc(C(=O)NC)c1)NCC(C(C)C)N1CCCCCC1.I. The molecule has 0 radical (unpaired) electrons. The zero-order valence-corrected chi connectivity index (χ0v) is 21.4. The Morgan fingerprint density at radius 1 is 1.13 bits per heavy atom. The fourth-order valence-electron chi connectivity index (χ4n) is 3.88. The first-order chi connectivity index (χ1) is 14.0. The number of carbonyl (C=O) groups excluding carboxylic acids is 1. The molecule has 0 saturated carbocycles. The molecule has 2 rings (SSSR count). The van der Waals surface area contributed by atoms with Gasteiger partial charge in [0.1, 0.15) is 0 Å². The lowest BCUT2D eigenvalue weighted by Crippen LogP contribution is -2.49. The molecule has 0 aromatic heterocycles. The van der Waals surface area contributed by atoms with Crippen LogP contribution in [-0.4, -0.2) is 56.0 Å². The van der Waals surface area contributed by atoms with Gasteiger partial charge in [0, 0.05) is 31.7 Å². The quantitative estimate of drug-likeness (QED) is 0.274. The monoisotopic (exact) mass is 529 g/mol. The molecule has 7 heteroatoms. The van der Waals surface area contributed by atoms with E-state index in [1.165, 1.54) is 38.8 Å². The smallest absolute Gasteiger partial charge is 0.251 e. The second-order valence-corrected chi connectivity index (χ2v) is 8.12. The molecule has 1 atom stereocenters. The average molecular weight is 530 g/mol. The number of hydrogen-bond acceptors (Lipinski definition) is 3. The molecule has 3 N–H and O–H groups in total. The summed E-state index contributed by atoms with van der Waals surface area (Å²) in [5.41, 5.74) is 1.69.